The van der Waals surface area contributed by atoms with Crippen LogP contribution < -0.4 is 0 Å². The molecule has 0 radical (unpaired) electrons. The van der Waals surface area contributed by atoms with Crippen LogP contribution in [0.25, 0.3) is 0 Å². The highest BCUT2D eigenvalue weighted by Gasteiger charge is 2.21. The Kier molecular flexibility index (Phi) is 2.76. The van der Waals surface area contributed by atoms with E-state index in [0.717, 1.165) is 0 Å². The van der Waals surface area contributed by atoms with Crippen molar-refractivity contribution in [3.05, 3.63) is 30.1 Å². The lowest BCUT2D eigenvalue weighted by atomic mass is 10.1. The number of nitrogens with zero attached hydrogens (tertiary/aromatic N) is 2. The Morgan fingerprint density at radius 3 is 2.40 bits per heavy atom. The summed E-state index contributed by atoms with van der Waals surface area (Å²) in [6.45, 7) is 1.08. The van der Waals surface area contributed by atoms with E-state index in [1.165, 1.54) is 0 Å². The first-order chi connectivity index (χ1) is 7.27. The smallest absolute Gasteiger partial charge is 0.253 e. The van der Waals surface area contributed by atoms with Crippen molar-refractivity contribution in [3.8, 4) is 0 Å². The summed E-state index contributed by atoms with van der Waals surface area (Å²) in [4.78, 5) is 28.5. The van der Waals surface area contributed by atoms with Crippen LogP contribution in [0.1, 0.15) is 23.2 Å². The number of piperidine rings is 1. The number of amides is 1. The minimum atomic E-state index is -0.00935. The van der Waals surface area contributed by atoms with Gasteiger partial charge in [-0.1, -0.05) is 0 Å². The Balaban J connectivity index is 2.06. The third kappa shape index (κ3) is 2.21. The molecule has 1 aliphatic heterocycles. The molecule has 0 bridgehead atoms. The maximum atomic E-state index is 11.9. The number of aromatic nitrogens is 1. The van der Waals surface area contributed by atoms with Crippen LogP contribution in [-0.4, -0.2) is 34.7 Å². The van der Waals surface area contributed by atoms with Crippen LogP contribution in [-0.2, 0) is 4.79 Å². The quantitative estimate of drug-likeness (QED) is 0.682. The molecule has 4 nitrogen and oxygen atoms in total. The van der Waals surface area contributed by atoms with Crippen LogP contribution in [0, 0.1) is 0 Å². The average molecular weight is 204 g/mol. The Bertz CT molecular complexity index is 365. The van der Waals surface area contributed by atoms with Gasteiger partial charge in [-0.25, -0.2) is 0 Å². The number of ketones is 1. The minimum absolute atomic E-state index is 0.00935. The summed E-state index contributed by atoms with van der Waals surface area (Å²) in [7, 11) is 0. The molecule has 2 rings (SSSR count). The number of hydrogen-bond donors (Lipinski definition) is 0. The first-order valence-electron chi connectivity index (χ1n) is 4.98. The van der Waals surface area contributed by atoms with Gasteiger partial charge in [-0.05, 0) is 12.1 Å². The van der Waals surface area contributed by atoms with Crippen LogP contribution in [0.5, 0.6) is 0 Å². The SMILES string of the molecule is O=C1CCN(C(=O)c2ccncc2)CC1. The number of rotatable bonds is 1. The molecule has 78 valence electrons. The van der Waals surface area contributed by atoms with Crippen molar-refractivity contribution in [1.29, 1.82) is 0 Å². The van der Waals surface area contributed by atoms with Gasteiger partial charge >= 0.3 is 0 Å². The van der Waals surface area contributed by atoms with E-state index in [-0.39, 0.29) is 11.7 Å². The van der Waals surface area contributed by atoms with E-state index in [1.54, 1.807) is 29.4 Å². The van der Waals surface area contributed by atoms with Crippen LogP contribution in [0.3, 0.4) is 0 Å². The number of carbonyl (C=O) groups is 2. The predicted molar refractivity (Wildman–Crippen MR) is 54.4 cm³/mol. The second-order valence-corrected chi connectivity index (χ2v) is 3.57. The topological polar surface area (TPSA) is 50.3 Å². The van der Waals surface area contributed by atoms with Crippen molar-refractivity contribution in [1.82, 2.24) is 9.88 Å². The number of hydrogen-bond acceptors (Lipinski definition) is 3. The molecule has 15 heavy (non-hydrogen) atoms. The van der Waals surface area contributed by atoms with Crippen molar-refractivity contribution >= 4 is 11.7 Å². The maximum absolute atomic E-state index is 11.9. The fourth-order valence-corrected chi connectivity index (χ4v) is 1.64. The van der Waals surface area contributed by atoms with Crippen molar-refractivity contribution in [2.75, 3.05) is 13.1 Å². The average Bonchev–Trinajstić information content (AvgIpc) is 2.30. The molecule has 0 unspecified atom stereocenters. The van der Waals surface area contributed by atoms with Crippen molar-refractivity contribution < 1.29 is 9.59 Å². The Morgan fingerprint density at radius 1 is 1.20 bits per heavy atom. The van der Waals surface area contributed by atoms with E-state index < -0.39 is 0 Å². The Labute approximate surface area is 87.9 Å². The normalized spacial score (nSPS) is 16.5. The molecule has 0 atom stereocenters. The van der Waals surface area contributed by atoms with Gasteiger partial charge in [0.15, 0.2) is 0 Å². The predicted octanol–water partition coefficient (Wildman–Crippen LogP) is 0.887. The van der Waals surface area contributed by atoms with Crippen molar-refractivity contribution in [2.45, 2.75) is 12.8 Å². The molecule has 1 amide bonds. The van der Waals surface area contributed by atoms with E-state index in [2.05, 4.69) is 4.98 Å². The Morgan fingerprint density at radius 2 is 1.80 bits per heavy atom. The lowest BCUT2D eigenvalue weighted by Crippen LogP contribution is -2.38. The van der Waals surface area contributed by atoms with E-state index >= 15 is 0 Å². The van der Waals surface area contributed by atoms with Crippen molar-refractivity contribution in [3.63, 3.8) is 0 Å². The summed E-state index contributed by atoms with van der Waals surface area (Å²) in [5.41, 5.74) is 0.638. The zero-order chi connectivity index (χ0) is 10.7. The molecular weight excluding hydrogens is 192 g/mol. The fraction of sp³-hybridized carbons (Fsp3) is 0.364. The molecule has 0 aromatic carbocycles. The maximum Gasteiger partial charge on any atom is 0.253 e. The summed E-state index contributed by atoms with van der Waals surface area (Å²) < 4.78 is 0. The van der Waals surface area contributed by atoms with Gasteiger partial charge in [0.25, 0.3) is 5.91 Å². The van der Waals surface area contributed by atoms with E-state index in [1.807, 2.05) is 0 Å². The van der Waals surface area contributed by atoms with Gasteiger partial charge in [0.1, 0.15) is 5.78 Å². The molecule has 1 saturated heterocycles. The second kappa shape index (κ2) is 4.21. The van der Waals surface area contributed by atoms with Gasteiger partial charge in [0.05, 0.1) is 0 Å². The van der Waals surface area contributed by atoms with Crippen LogP contribution in [0.2, 0.25) is 0 Å². The zero-order valence-electron chi connectivity index (χ0n) is 8.35. The highest BCUT2D eigenvalue weighted by atomic mass is 16.2. The molecule has 1 aromatic rings. The van der Waals surface area contributed by atoms with Crippen LogP contribution >= 0.6 is 0 Å². The zero-order valence-corrected chi connectivity index (χ0v) is 8.35. The summed E-state index contributed by atoms with van der Waals surface area (Å²) in [6, 6.07) is 3.39. The van der Waals surface area contributed by atoms with E-state index in [9.17, 15) is 9.59 Å². The summed E-state index contributed by atoms with van der Waals surface area (Å²) >= 11 is 0. The van der Waals surface area contributed by atoms with Crippen LogP contribution in [0.4, 0.5) is 0 Å². The van der Waals surface area contributed by atoms with Gasteiger partial charge in [-0.3, -0.25) is 14.6 Å². The third-order valence-electron chi connectivity index (χ3n) is 2.54. The highest BCUT2D eigenvalue weighted by molar-refractivity contribution is 5.95. The van der Waals surface area contributed by atoms with Gasteiger partial charge in [-0.2, -0.15) is 0 Å². The van der Waals surface area contributed by atoms with E-state index in [0.29, 0.717) is 31.5 Å². The molecule has 1 aliphatic rings. The summed E-state index contributed by atoms with van der Waals surface area (Å²) in [6.07, 6.45) is 4.16. The third-order valence-corrected chi connectivity index (χ3v) is 2.54. The number of pyridine rings is 1. The molecule has 4 heteroatoms. The molecule has 1 fully saturated rings. The van der Waals surface area contributed by atoms with Crippen molar-refractivity contribution in [2.24, 2.45) is 0 Å². The Hall–Kier alpha value is -1.71. The second-order valence-electron chi connectivity index (χ2n) is 3.57. The molecule has 0 saturated carbocycles. The first kappa shape index (κ1) is 9.83. The molecule has 0 N–H and O–H groups in total. The summed E-state index contributed by atoms with van der Waals surface area (Å²) in [5.74, 6) is 0.235. The monoisotopic (exact) mass is 204 g/mol. The molecule has 0 spiro atoms. The highest BCUT2D eigenvalue weighted by Crippen LogP contribution is 2.10. The summed E-state index contributed by atoms with van der Waals surface area (Å²) in [5, 5.41) is 0. The molecule has 1 aromatic heterocycles. The molecule has 0 aliphatic carbocycles. The van der Waals surface area contributed by atoms with Gasteiger partial charge in [0.2, 0.25) is 0 Å². The number of carbonyl (C=O) groups excluding carboxylic acids is 2. The van der Waals surface area contributed by atoms with Crippen LogP contribution in [0.15, 0.2) is 24.5 Å². The van der Waals surface area contributed by atoms with Gasteiger partial charge in [0, 0.05) is 43.9 Å². The fourth-order valence-electron chi connectivity index (χ4n) is 1.64. The van der Waals surface area contributed by atoms with E-state index in [4.69, 9.17) is 0 Å². The largest absolute Gasteiger partial charge is 0.338 e. The van der Waals surface area contributed by atoms with Gasteiger partial charge < -0.3 is 4.90 Å². The lowest BCUT2D eigenvalue weighted by Gasteiger charge is -2.25. The first-order valence-corrected chi connectivity index (χ1v) is 4.98. The lowest BCUT2D eigenvalue weighted by molar-refractivity contribution is -0.120. The molecule has 2 heterocycles. The minimum Gasteiger partial charge on any atom is -0.338 e. The molecular formula is C11H12N2O2. The number of likely N-dealkylation sites (tertiary alicyclic amines) is 1. The standard InChI is InChI=1S/C11H12N2O2/c14-10-3-7-13(8-4-10)11(15)9-1-5-12-6-2-9/h1-2,5-6H,3-4,7-8H2. The number of Topliss-reactive ketones (excluding diaryl/α,β-unsaturated/α-hetero) is 1. The van der Waals surface area contributed by atoms with Gasteiger partial charge in [-0.15, -0.1) is 0 Å².